The van der Waals surface area contributed by atoms with Crippen molar-refractivity contribution in [2.75, 3.05) is 19.6 Å². The molecule has 0 N–H and O–H groups in total. The highest BCUT2D eigenvalue weighted by Crippen LogP contribution is 2.16. The summed E-state index contributed by atoms with van der Waals surface area (Å²) in [5, 5.41) is 0. The lowest BCUT2D eigenvalue weighted by Crippen LogP contribution is -2.47. The summed E-state index contributed by atoms with van der Waals surface area (Å²) in [7, 11) is 0. The Hall–Kier alpha value is -1.19. The molecule has 3 heteroatoms. The molecule has 1 aromatic carbocycles. The predicted octanol–water partition coefficient (Wildman–Crippen LogP) is 3.10. The fourth-order valence-electron chi connectivity index (χ4n) is 2.76. The Labute approximate surface area is 121 Å². The van der Waals surface area contributed by atoms with Gasteiger partial charge in [-0.1, -0.05) is 38.1 Å². The molecule has 0 bridgehead atoms. The lowest BCUT2D eigenvalue weighted by atomic mass is 10.0. The van der Waals surface area contributed by atoms with Crippen molar-refractivity contribution in [1.29, 1.82) is 0 Å². The average molecular weight is 275 g/mol. The second-order valence-corrected chi connectivity index (χ2v) is 6.15. The predicted molar refractivity (Wildman–Crippen MR) is 81.3 cm³/mol. The van der Waals surface area contributed by atoms with Crippen LogP contribution in [0, 0.1) is 0 Å². The molecule has 20 heavy (non-hydrogen) atoms. The third-order valence-electron chi connectivity index (χ3n) is 3.76. The number of hydrogen-bond donors (Lipinski definition) is 0. The Morgan fingerprint density at radius 2 is 1.75 bits per heavy atom. The minimum Gasteiger partial charge on any atom is -0.373 e. The third kappa shape index (κ3) is 3.90. The van der Waals surface area contributed by atoms with E-state index in [1.165, 1.54) is 5.56 Å². The highest BCUT2D eigenvalue weighted by Gasteiger charge is 2.23. The normalized spacial score (nSPS) is 24.1. The Bertz CT molecular complexity index is 443. The number of carbonyl (C=O) groups excluding carboxylic acids is 1. The first-order valence-corrected chi connectivity index (χ1v) is 7.46. The van der Waals surface area contributed by atoms with E-state index in [2.05, 4.69) is 44.7 Å². The van der Waals surface area contributed by atoms with Crippen molar-refractivity contribution in [3.05, 3.63) is 35.4 Å². The molecule has 2 atom stereocenters. The molecule has 1 aromatic rings. The fourth-order valence-corrected chi connectivity index (χ4v) is 2.76. The maximum atomic E-state index is 12.3. The maximum absolute atomic E-state index is 12.3. The van der Waals surface area contributed by atoms with Crippen LogP contribution in [0.5, 0.6) is 0 Å². The summed E-state index contributed by atoms with van der Waals surface area (Å²) >= 11 is 0. The van der Waals surface area contributed by atoms with Crippen molar-refractivity contribution in [3.63, 3.8) is 0 Å². The van der Waals surface area contributed by atoms with Crippen molar-refractivity contribution in [2.45, 2.75) is 45.8 Å². The molecule has 1 saturated heterocycles. The number of rotatable bonds is 4. The van der Waals surface area contributed by atoms with E-state index in [9.17, 15) is 4.79 Å². The van der Waals surface area contributed by atoms with Gasteiger partial charge in [0, 0.05) is 18.7 Å². The fraction of sp³-hybridized carbons (Fsp3) is 0.588. The smallest absolute Gasteiger partial charge is 0.176 e. The Balaban J connectivity index is 1.97. The van der Waals surface area contributed by atoms with E-state index in [1.54, 1.807) is 0 Å². The molecule has 0 aliphatic carbocycles. The molecule has 0 aromatic heterocycles. The number of carbonyl (C=O) groups is 1. The van der Waals surface area contributed by atoms with Crippen LogP contribution in [0.1, 0.15) is 49.5 Å². The maximum Gasteiger partial charge on any atom is 0.176 e. The number of ether oxygens (including phenoxy) is 1. The third-order valence-corrected chi connectivity index (χ3v) is 3.76. The van der Waals surface area contributed by atoms with Crippen LogP contribution in [0.3, 0.4) is 0 Å². The largest absolute Gasteiger partial charge is 0.373 e. The molecular formula is C17H25NO2. The number of ketones is 1. The summed E-state index contributed by atoms with van der Waals surface area (Å²) in [6.07, 6.45) is 0.407. The van der Waals surface area contributed by atoms with E-state index in [1.807, 2.05) is 12.1 Å². The van der Waals surface area contributed by atoms with E-state index in [0.717, 1.165) is 18.7 Å². The van der Waals surface area contributed by atoms with Crippen LogP contribution in [0.15, 0.2) is 24.3 Å². The highest BCUT2D eigenvalue weighted by atomic mass is 16.5. The van der Waals surface area contributed by atoms with Crippen molar-refractivity contribution in [1.82, 2.24) is 4.90 Å². The Kier molecular flexibility index (Phi) is 4.95. The molecule has 0 saturated carbocycles. The summed E-state index contributed by atoms with van der Waals surface area (Å²) in [6, 6.07) is 8.01. The molecular weight excluding hydrogens is 250 g/mol. The molecule has 1 aliphatic heterocycles. The van der Waals surface area contributed by atoms with Crippen LogP contribution in [0.4, 0.5) is 0 Å². The molecule has 1 aliphatic rings. The Morgan fingerprint density at radius 3 is 2.25 bits per heavy atom. The standard InChI is InChI=1S/C17H25NO2/c1-12(2)15-5-7-16(8-6-15)17(19)11-18-9-13(3)20-14(4)10-18/h5-8,12-14H,9-11H2,1-4H3/t13-,14+. The highest BCUT2D eigenvalue weighted by molar-refractivity contribution is 5.97. The van der Waals surface area contributed by atoms with E-state index in [0.29, 0.717) is 12.5 Å². The minimum absolute atomic E-state index is 0.196. The van der Waals surface area contributed by atoms with Gasteiger partial charge in [-0.3, -0.25) is 9.69 Å². The van der Waals surface area contributed by atoms with Gasteiger partial charge in [-0.25, -0.2) is 0 Å². The summed E-state index contributed by atoms with van der Waals surface area (Å²) in [5.74, 6) is 0.696. The van der Waals surface area contributed by atoms with Crippen LogP contribution >= 0.6 is 0 Å². The second-order valence-electron chi connectivity index (χ2n) is 6.15. The van der Waals surface area contributed by atoms with E-state index in [4.69, 9.17) is 4.74 Å². The molecule has 0 spiro atoms. The van der Waals surface area contributed by atoms with E-state index >= 15 is 0 Å². The van der Waals surface area contributed by atoms with Crippen LogP contribution < -0.4 is 0 Å². The average Bonchev–Trinajstić information content (AvgIpc) is 2.37. The molecule has 0 amide bonds. The Morgan fingerprint density at radius 1 is 1.20 bits per heavy atom. The number of Topliss-reactive ketones (excluding diaryl/α,β-unsaturated/α-hetero) is 1. The van der Waals surface area contributed by atoms with Gasteiger partial charge in [0.15, 0.2) is 5.78 Å². The summed E-state index contributed by atoms with van der Waals surface area (Å²) in [4.78, 5) is 14.5. The molecule has 1 heterocycles. The van der Waals surface area contributed by atoms with E-state index < -0.39 is 0 Å². The lowest BCUT2D eigenvalue weighted by molar-refractivity contribution is -0.0652. The molecule has 1 fully saturated rings. The van der Waals surface area contributed by atoms with Gasteiger partial charge in [0.1, 0.15) is 0 Å². The zero-order valence-corrected chi connectivity index (χ0v) is 12.9. The van der Waals surface area contributed by atoms with Gasteiger partial charge in [-0.15, -0.1) is 0 Å². The first kappa shape index (κ1) is 15.2. The molecule has 110 valence electrons. The number of benzene rings is 1. The number of morpholine rings is 1. The molecule has 0 radical (unpaired) electrons. The quantitative estimate of drug-likeness (QED) is 0.791. The first-order valence-electron chi connectivity index (χ1n) is 7.46. The van der Waals surface area contributed by atoms with Crippen LogP contribution in [-0.4, -0.2) is 42.5 Å². The van der Waals surface area contributed by atoms with Crippen LogP contribution in [-0.2, 0) is 4.74 Å². The molecule has 2 rings (SSSR count). The second kappa shape index (κ2) is 6.51. The van der Waals surface area contributed by atoms with Crippen LogP contribution in [0.25, 0.3) is 0 Å². The minimum atomic E-state index is 0.196. The van der Waals surface area contributed by atoms with Crippen molar-refractivity contribution >= 4 is 5.78 Å². The topological polar surface area (TPSA) is 29.5 Å². The summed E-state index contributed by atoms with van der Waals surface area (Å²) in [6.45, 7) is 10.6. The van der Waals surface area contributed by atoms with Crippen molar-refractivity contribution in [3.8, 4) is 0 Å². The summed E-state index contributed by atoms with van der Waals surface area (Å²) < 4.78 is 5.69. The van der Waals surface area contributed by atoms with Gasteiger partial charge in [0.25, 0.3) is 0 Å². The summed E-state index contributed by atoms with van der Waals surface area (Å²) in [5.41, 5.74) is 2.08. The van der Waals surface area contributed by atoms with Gasteiger partial charge in [0.2, 0.25) is 0 Å². The van der Waals surface area contributed by atoms with E-state index in [-0.39, 0.29) is 18.0 Å². The van der Waals surface area contributed by atoms with Gasteiger partial charge in [-0.05, 0) is 25.3 Å². The van der Waals surface area contributed by atoms with Gasteiger partial charge in [-0.2, -0.15) is 0 Å². The van der Waals surface area contributed by atoms with Crippen molar-refractivity contribution < 1.29 is 9.53 Å². The number of nitrogens with zero attached hydrogens (tertiary/aromatic N) is 1. The van der Waals surface area contributed by atoms with Crippen molar-refractivity contribution in [2.24, 2.45) is 0 Å². The monoisotopic (exact) mass is 275 g/mol. The van der Waals surface area contributed by atoms with Gasteiger partial charge >= 0.3 is 0 Å². The first-order chi connectivity index (χ1) is 9.45. The molecule has 3 nitrogen and oxygen atoms in total. The van der Waals surface area contributed by atoms with Crippen LogP contribution in [0.2, 0.25) is 0 Å². The zero-order chi connectivity index (χ0) is 14.7. The SMILES string of the molecule is CC(C)c1ccc(C(=O)CN2C[C@@H](C)O[C@@H](C)C2)cc1. The van der Waals surface area contributed by atoms with Gasteiger partial charge < -0.3 is 4.74 Å². The number of hydrogen-bond acceptors (Lipinski definition) is 3. The lowest BCUT2D eigenvalue weighted by Gasteiger charge is -2.34. The molecule has 0 unspecified atom stereocenters. The zero-order valence-electron chi connectivity index (χ0n) is 12.9. The van der Waals surface area contributed by atoms with Gasteiger partial charge in [0.05, 0.1) is 18.8 Å².